The molecule has 110 valence electrons. The normalized spacial score (nSPS) is 15.6. The summed E-state index contributed by atoms with van der Waals surface area (Å²) in [6, 6.07) is 0. The molecule has 5 heteroatoms. The molecule has 1 aliphatic rings. The number of hydrogen-bond acceptors (Lipinski definition) is 3. The third kappa shape index (κ3) is 7.15. The number of nitrogens with zero attached hydrogens (tertiary/aromatic N) is 1. The Kier molecular flexibility index (Phi) is 7.48. The highest BCUT2D eigenvalue weighted by Gasteiger charge is 2.15. The maximum atomic E-state index is 11.8. The van der Waals surface area contributed by atoms with Crippen LogP contribution in [0.25, 0.3) is 0 Å². The van der Waals surface area contributed by atoms with Crippen molar-refractivity contribution in [2.45, 2.75) is 39.5 Å². The summed E-state index contributed by atoms with van der Waals surface area (Å²) in [5.41, 5.74) is 0. The van der Waals surface area contributed by atoms with Crippen molar-refractivity contribution in [3.05, 3.63) is 0 Å². The second kappa shape index (κ2) is 8.91. The van der Waals surface area contributed by atoms with Crippen LogP contribution in [0.3, 0.4) is 0 Å². The molecule has 0 atom stereocenters. The number of carbonyl (C=O) groups is 2. The standard InChI is InChI=1S/C14H27N3O2/c1-12(2)6-7-16-13(18)10-15-11-14(19)17-8-4-3-5-9-17/h12,15H,3-11H2,1-2H3,(H,16,18). The first-order valence-corrected chi connectivity index (χ1v) is 7.35. The van der Waals surface area contributed by atoms with E-state index in [-0.39, 0.29) is 24.9 Å². The molecule has 1 fully saturated rings. The van der Waals surface area contributed by atoms with E-state index in [9.17, 15) is 9.59 Å². The molecule has 5 nitrogen and oxygen atoms in total. The molecule has 0 spiro atoms. The molecule has 1 heterocycles. The highest BCUT2D eigenvalue weighted by molar-refractivity contribution is 5.81. The lowest BCUT2D eigenvalue weighted by Gasteiger charge is -2.26. The molecule has 0 radical (unpaired) electrons. The van der Waals surface area contributed by atoms with Crippen LogP contribution in [0.2, 0.25) is 0 Å². The van der Waals surface area contributed by atoms with Crippen LogP contribution in [0.1, 0.15) is 39.5 Å². The van der Waals surface area contributed by atoms with Crippen molar-refractivity contribution in [1.29, 1.82) is 0 Å². The number of hydrogen-bond donors (Lipinski definition) is 2. The molecular formula is C14H27N3O2. The van der Waals surface area contributed by atoms with Gasteiger partial charge in [-0.05, 0) is 31.6 Å². The predicted molar refractivity (Wildman–Crippen MR) is 75.8 cm³/mol. The number of nitrogens with one attached hydrogen (secondary N) is 2. The van der Waals surface area contributed by atoms with Crippen LogP contribution in [0.4, 0.5) is 0 Å². The first kappa shape index (κ1) is 16.0. The lowest BCUT2D eigenvalue weighted by atomic mass is 10.1. The van der Waals surface area contributed by atoms with Crippen LogP contribution >= 0.6 is 0 Å². The van der Waals surface area contributed by atoms with Crippen molar-refractivity contribution in [3.63, 3.8) is 0 Å². The second-order valence-corrected chi connectivity index (χ2v) is 5.58. The molecule has 0 aliphatic carbocycles. The van der Waals surface area contributed by atoms with Gasteiger partial charge in [-0.2, -0.15) is 0 Å². The van der Waals surface area contributed by atoms with E-state index >= 15 is 0 Å². The summed E-state index contributed by atoms with van der Waals surface area (Å²) >= 11 is 0. The zero-order chi connectivity index (χ0) is 14.1. The van der Waals surface area contributed by atoms with Gasteiger partial charge in [0.1, 0.15) is 0 Å². The summed E-state index contributed by atoms with van der Waals surface area (Å²) < 4.78 is 0. The summed E-state index contributed by atoms with van der Waals surface area (Å²) in [7, 11) is 0. The van der Waals surface area contributed by atoms with E-state index in [1.54, 1.807) is 0 Å². The SMILES string of the molecule is CC(C)CCNC(=O)CNCC(=O)N1CCCCC1. The first-order chi connectivity index (χ1) is 9.09. The summed E-state index contributed by atoms with van der Waals surface area (Å²) in [6.07, 6.45) is 4.40. The minimum Gasteiger partial charge on any atom is -0.355 e. The number of rotatable bonds is 7. The van der Waals surface area contributed by atoms with E-state index in [0.29, 0.717) is 12.5 Å². The second-order valence-electron chi connectivity index (χ2n) is 5.58. The molecule has 1 aliphatic heterocycles. The number of carbonyl (C=O) groups excluding carboxylic acids is 2. The quantitative estimate of drug-likeness (QED) is 0.717. The third-order valence-corrected chi connectivity index (χ3v) is 3.31. The largest absolute Gasteiger partial charge is 0.355 e. The van der Waals surface area contributed by atoms with Gasteiger partial charge < -0.3 is 10.2 Å². The van der Waals surface area contributed by atoms with Crippen LogP contribution in [-0.2, 0) is 9.59 Å². The Labute approximate surface area is 116 Å². The van der Waals surface area contributed by atoms with E-state index in [1.165, 1.54) is 6.42 Å². The molecule has 2 amide bonds. The highest BCUT2D eigenvalue weighted by Crippen LogP contribution is 2.07. The van der Waals surface area contributed by atoms with Crippen molar-refractivity contribution < 1.29 is 9.59 Å². The molecule has 2 N–H and O–H groups in total. The fourth-order valence-electron chi connectivity index (χ4n) is 2.10. The van der Waals surface area contributed by atoms with Crippen molar-refractivity contribution in [2.75, 3.05) is 32.7 Å². The lowest BCUT2D eigenvalue weighted by molar-refractivity contribution is -0.131. The molecule has 1 rings (SSSR count). The predicted octanol–water partition coefficient (Wildman–Crippen LogP) is 0.751. The zero-order valence-corrected chi connectivity index (χ0v) is 12.2. The van der Waals surface area contributed by atoms with Crippen molar-refractivity contribution >= 4 is 11.8 Å². The molecule has 19 heavy (non-hydrogen) atoms. The van der Waals surface area contributed by atoms with Crippen molar-refractivity contribution in [3.8, 4) is 0 Å². The van der Waals surface area contributed by atoms with Gasteiger partial charge in [-0.15, -0.1) is 0 Å². The average Bonchev–Trinajstić information content (AvgIpc) is 2.39. The van der Waals surface area contributed by atoms with Gasteiger partial charge in [0.2, 0.25) is 11.8 Å². The van der Waals surface area contributed by atoms with Gasteiger partial charge in [-0.3, -0.25) is 14.9 Å². The van der Waals surface area contributed by atoms with Gasteiger partial charge in [-0.1, -0.05) is 13.8 Å². The molecule has 0 aromatic heterocycles. The van der Waals surface area contributed by atoms with Crippen LogP contribution in [0, 0.1) is 5.92 Å². The molecular weight excluding hydrogens is 242 g/mol. The van der Waals surface area contributed by atoms with E-state index in [2.05, 4.69) is 24.5 Å². The van der Waals surface area contributed by atoms with Gasteiger partial charge in [-0.25, -0.2) is 0 Å². The topological polar surface area (TPSA) is 61.4 Å². The lowest BCUT2D eigenvalue weighted by Crippen LogP contribution is -2.43. The zero-order valence-electron chi connectivity index (χ0n) is 12.2. The smallest absolute Gasteiger partial charge is 0.236 e. The van der Waals surface area contributed by atoms with Crippen molar-refractivity contribution in [2.24, 2.45) is 5.92 Å². The average molecular weight is 269 g/mol. The summed E-state index contributed by atoms with van der Waals surface area (Å²) in [5, 5.41) is 5.76. The third-order valence-electron chi connectivity index (χ3n) is 3.31. The minimum atomic E-state index is -0.0351. The molecule has 0 bridgehead atoms. The monoisotopic (exact) mass is 269 g/mol. The van der Waals surface area contributed by atoms with Gasteiger partial charge in [0.15, 0.2) is 0 Å². The van der Waals surface area contributed by atoms with Gasteiger partial charge >= 0.3 is 0 Å². The molecule has 0 aromatic carbocycles. The van der Waals surface area contributed by atoms with Crippen LogP contribution in [0.15, 0.2) is 0 Å². The Hall–Kier alpha value is -1.10. The Morgan fingerprint density at radius 3 is 2.42 bits per heavy atom. The number of piperidine rings is 1. The maximum Gasteiger partial charge on any atom is 0.236 e. The van der Waals surface area contributed by atoms with Crippen LogP contribution < -0.4 is 10.6 Å². The van der Waals surface area contributed by atoms with Crippen LogP contribution in [-0.4, -0.2) is 49.4 Å². The van der Waals surface area contributed by atoms with Gasteiger partial charge in [0.25, 0.3) is 0 Å². The Balaban J connectivity index is 2.05. The summed E-state index contributed by atoms with van der Waals surface area (Å²) in [6.45, 7) is 7.17. The number of likely N-dealkylation sites (tertiary alicyclic amines) is 1. The van der Waals surface area contributed by atoms with Crippen molar-refractivity contribution in [1.82, 2.24) is 15.5 Å². The fourth-order valence-corrected chi connectivity index (χ4v) is 2.10. The molecule has 0 aromatic rings. The van der Waals surface area contributed by atoms with E-state index < -0.39 is 0 Å². The Morgan fingerprint density at radius 1 is 1.11 bits per heavy atom. The number of amides is 2. The minimum absolute atomic E-state index is 0.0351. The van der Waals surface area contributed by atoms with E-state index in [1.807, 2.05) is 4.90 Å². The summed E-state index contributed by atoms with van der Waals surface area (Å²) in [5.74, 6) is 0.663. The highest BCUT2D eigenvalue weighted by atomic mass is 16.2. The van der Waals surface area contributed by atoms with Crippen LogP contribution in [0.5, 0.6) is 0 Å². The van der Waals surface area contributed by atoms with E-state index in [4.69, 9.17) is 0 Å². The summed E-state index contributed by atoms with van der Waals surface area (Å²) in [4.78, 5) is 25.2. The Bertz CT molecular complexity index is 286. The molecule has 0 saturated carbocycles. The Morgan fingerprint density at radius 2 is 1.79 bits per heavy atom. The molecule has 0 unspecified atom stereocenters. The first-order valence-electron chi connectivity index (χ1n) is 7.35. The molecule has 1 saturated heterocycles. The fraction of sp³-hybridized carbons (Fsp3) is 0.857. The van der Waals surface area contributed by atoms with E-state index in [0.717, 1.165) is 32.4 Å². The van der Waals surface area contributed by atoms with Gasteiger partial charge in [0.05, 0.1) is 13.1 Å². The maximum absolute atomic E-state index is 11.8. The van der Waals surface area contributed by atoms with Gasteiger partial charge in [0, 0.05) is 19.6 Å².